The summed E-state index contributed by atoms with van der Waals surface area (Å²) in [5, 5.41) is 10.2. The number of benzene rings is 2. The van der Waals surface area contributed by atoms with E-state index in [1.165, 1.54) is 11.8 Å². The molecule has 2 aromatic carbocycles. The number of amides is 1. The first-order chi connectivity index (χ1) is 12.9. The summed E-state index contributed by atoms with van der Waals surface area (Å²) in [7, 11) is -3.89. The third-order valence-corrected chi connectivity index (χ3v) is 6.88. The number of thioether (sulfide) groups is 1. The SMILES string of the molecule is CSc1cccc(NS(=O)(=O)c2nnc(NC(=O)c3ccccc3C)s2)c1. The average molecular weight is 421 g/mol. The second kappa shape index (κ2) is 8.07. The van der Waals surface area contributed by atoms with Crippen LogP contribution in [0.25, 0.3) is 0 Å². The molecule has 0 spiro atoms. The van der Waals surface area contributed by atoms with Gasteiger partial charge < -0.3 is 0 Å². The minimum absolute atomic E-state index is 0.112. The summed E-state index contributed by atoms with van der Waals surface area (Å²) in [5.74, 6) is -0.367. The van der Waals surface area contributed by atoms with Crippen LogP contribution in [0.3, 0.4) is 0 Å². The summed E-state index contributed by atoms with van der Waals surface area (Å²) in [6, 6.07) is 14.1. The molecule has 0 aliphatic carbocycles. The molecule has 140 valence electrons. The summed E-state index contributed by atoms with van der Waals surface area (Å²) >= 11 is 2.30. The van der Waals surface area contributed by atoms with Crippen LogP contribution in [-0.2, 0) is 10.0 Å². The second-order valence-electron chi connectivity index (χ2n) is 5.48. The highest BCUT2D eigenvalue weighted by atomic mass is 32.2. The van der Waals surface area contributed by atoms with Crippen LogP contribution in [0.2, 0.25) is 0 Å². The van der Waals surface area contributed by atoms with Crippen molar-refractivity contribution in [2.45, 2.75) is 16.2 Å². The average Bonchev–Trinajstić information content (AvgIpc) is 3.11. The van der Waals surface area contributed by atoms with E-state index >= 15 is 0 Å². The molecule has 3 rings (SSSR count). The van der Waals surface area contributed by atoms with Crippen molar-refractivity contribution in [1.29, 1.82) is 0 Å². The third kappa shape index (κ3) is 4.65. The smallest absolute Gasteiger partial charge is 0.291 e. The Morgan fingerprint density at radius 2 is 1.89 bits per heavy atom. The van der Waals surface area contributed by atoms with E-state index in [2.05, 4.69) is 20.2 Å². The van der Waals surface area contributed by atoms with Gasteiger partial charge >= 0.3 is 0 Å². The molecule has 0 atom stereocenters. The van der Waals surface area contributed by atoms with Crippen molar-refractivity contribution in [2.24, 2.45) is 0 Å². The van der Waals surface area contributed by atoms with Crippen LogP contribution >= 0.6 is 23.1 Å². The maximum absolute atomic E-state index is 12.5. The van der Waals surface area contributed by atoms with Crippen molar-refractivity contribution in [2.75, 3.05) is 16.3 Å². The van der Waals surface area contributed by atoms with Crippen LogP contribution in [0.5, 0.6) is 0 Å². The molecule has 1 heterocycles. The van der Waals surface area contributed by atoms with Gasteiger partial charge in [0.05, 0.1) is 5.69 Å². The van der Waals surface area contributed by atoms with Crippen molar-refractivity contribution < 1.29 is 13.2 Å². The van der Waals surface area contributed by atoms with Gasteiger partial charge in [0.25, 0.3) is 20.3 Å². The molecule has 0 radical (unpaired) electrons. The van der Waals surface area contributed by atoms with Gasteiger partial charge in [-0.15, -0.1) is 22.0 Å². The molecule has 0 aliphatic heterocycles. The number of hydrogen-bond donors (Lipinski definition) is 2. The van der Waals surface area contributed by atoms with Crippen LogP contribution in [0.15, 0.2) is 57.8 Å². The zero-order valence-electron chi connectivity index (χ0n) is 14.5. The molecule has 0 saturated carbocycles. The lowest BCUT2D eigenvalue weighted by Gasteiger charge is -2.06. The first-order valence-corrected chi connectivity index (χ1v) is 11.3. The van der Waals surface area contributed by atoms with Gasteiger partial charge in [-0.2, -0.15) is 8.42 Å². The molecule has 0 unspecified atom stereocenters. The highest BCUT2D eigenvalue weighted by molar-refractivity contribution is 7.98. The lowest BCUT2D eigenvalue weighted by atomic mass is 10.1. The van der Waals surface area contributed by atoms with E-state index in [1.807, 2.05) is 31.4 Å². The van der Waals surface area contributed by atoms with E-state index in [-0.39, 0.29) is 15.4 Å². The molecule has 7 nitrogen and oxygen atoms in total. The predicted octanol–water partition coefficient (Wildman–Crippen LogP) is 3.62. The lowest BCUT2D eigenvalue weighted by Crippen LogP contribution is -2.13. The Labute approximate surface area is 165 Å². The second-order valence-corrected chi connectivity index (χ2v) is 9.19. The van der Waals surface area contributed by atoms with E-state index in [0.717, 1.165) is 21.8 Å². The summed E-state index contributed by atoms with van der Waals surface area (Å²) in [6.45, 7) is 1.82. The molecule has 2 N–H and O–H groups in total. The van der Waals surface area contributed by atoms with Gasteiger partial charge in [0.1, 0.15) is 0 Å². The van der Waals surface area contributed by atoms with Crippen molar-refractivity contribution in [3.05, 3.63) is 59.7 Å². The fourth-order valence-electron chi connectivity index (χ4n) is 2.25. The van der Waals surface area contributed by atoms with Gasteiger partial charge in [0.2, 0.25) is 5.13 Å². The molecule has 3 aromatic rings. The summed E-state index contributed by atoms with van der Waals surface area (Å²) in [6.07, 6.45) is 1.90. The highest BCUT2D eigenvalue weighted by Gasteiger charge is 2.21. The highest BCUT2D eigenvalue weighted by Crippen LogP contribution is 2.25. The van der Waals surface area contributed by atoms with Crippen LogP contribution in [0.4, 0.5) is 10.8 Å². The van der Waals surface area contributed by atoms with Gasteiger partial charge in [-0.3, -0.25) is 14.8 Å². The standard InChI is InChI=1S/C17H16N4O3S3/c1-11-6-3-4-9-14(11)15(22)18-16-19-20-17(26-16)27(23,24)21-12-7-5-8-13(10-12)25-2/h3-10,21H,1-2H3,(H,18,19,22). The van der Waals surface area contributed by atoms with Crippen LogP contribution in [0, 0.1) is 6.92 Å². The maximum Gasteiger partial charge on any atom is 0.291 e. The van der Waals surface area contributed by atoms with Crippen molar-refractivity contribution >= 4 is 49.8 Å². The third-order valence-electron chi connectivity index (χ3n) is 3.57. The Morgan fingerprint density at radius 1 is 1.11 bits per heavy atom. The van der Waals surface area contributed by atoms with Crippen molar-refractivity contribution in [1.82, 2.24) is 10.2 Å². The van der Waals surface area contributed by atoms with E-state index in [0.29, 0.717) is 11.3 Å². The number of hydrogen-bond acceptors (Lipinski definition) is 7. The molecule has 1 aromatic heterocycles. The van der Waals surface area contributed by atoms with E-state index in [9.17, 15) is 13.2 Å². The van der Waals surface area contributed by atoms with Gasteiger partial charge in [0.15, 0.2) is 0 Å². The summed E-state index contributed by atoms with van der Waals surface area (Å²) < 4.78 is 27.2. The first-order valence-electron chi connectivity index (χ1n) is 7.76. The lowest BCUT2D eigenvalue weighted by molar-refractivity contribution is 0.102. The normalized spacial score (nSPS) is 11.2. The Hall–Kier alpha value is -2.43. The molecule has 0 fully saturated rings. The first kappa shape index (κ1) is 19.3. The minimum Gasteiger partial charge on any atom is -0.296 e. The number of anilines is 2. The fraction of sp³-hybridized carbons (Fsp3) is 0.118. The van der Waals surface area contributed by atoms with Crippen molar-refractivity contribution in [3.8, 4) is 0 Å². The molecule has 10 heteroatoms. The monoisotopic (exact) mass is 420 g/mol. The fourth-order valence-corrected chi connectivity index (χ4v) is 4.65. The molecular weight excluding hydrogens is 404 g/mol. The number of aromatic nitrogens is 2. The van der Waals surface area contributed by atoms with Gasteiger partial charge in [-0.05, 0) is 43.0 Å². The number of aryl methyl sites for hydroxylation is 1. The maximum atomic E-state index is 12.5. The zero-order valence-corrected chi connectivity index (χ0v) is 16.9. The number of carbonyl (C=O) groups excluding carboxylic acids is 1. The molecule has 1 amide bonds. The number of carbonyl (C=O) groups is 1. The minimum atomic E-state index is -3.89. The Morgan fingerprint density at radius 3 is 2.63 bits per heavy atom. The van der Waals surface area contributed by atoms with Crippen LogP contribution in [0.1, 0.15) is 15.9 Å². The van der Waals surface area contributed by atoms with E-state index in [1.54, 1.807) is 30.3 Å². The molecule has 27 heavy (non-hydrogen) atoms. The Kier molecular flexibility index (Phi) is 5.78. The topological polar surface area (TPSA) is 101 Å². The Balaban J connectivity index is 1.76. The quantitative estimate of drug-likeness (QED) is 0.467. The van der Waals surface area contributed by atoms with Crippen LogP contribution < -0.4 is 10.0 Å². The Bertz CT molecular complexity index is 1080. The van der Waals surface area contributed by atoms with Crippen LogP contribution in [-0.4, -0.2) is 30.8 Å². The van der Waals surface area contributed by atoms with Gasteiger partial charge in [-0.25, -0.2) is 0 Å². The van der Waals surface area contributed by atoms with Crippen molar-refractivity contribution in [3.63, 3.8) is 0 Å². The molecular formula is C17H16N4O3S3. The molecule has 0 bridgehead atoms. The van der Waals surface area contributed by atoms with E-state index in [4.69, 9.17) is 0 Å². The van der Waals surface area contributed by atoms with Gasteiger partial charge in [0, 0.05) is 10.5 Å². The number of sulfonamides is 1. The largest absolute Gasteiger partial charge is 0.296 e. The number of nitrogens with one attached hydrogen (secondary N) is 2. The number of rotatable bonds is 6. The summed E-state index contributed by atoms with van der Waals surface area (Å²) in [5.41, 5.74) is 1.73. The van der Waals surface area contributed by atoms with Gasteiger partial charge in [-0.1, -0.05) is 35.6 Å². The predicted molar refractivity (Wildman–Crippen MR) is 108 cm³/mol. The summed E-state index contributed by atoms with van der Waals surface area (Å²) in [4.78, 5) is 13.2. The molecule has 0 aliphatic rings. The zero-order chi connectivity index (χ0) is 19.4. The number of nitrogens with zero attached hydrogens (tertiary/aromatic N) is 2. The van der Waals surface area contributed by atoms with E-state index < -0.39 is 10.0 Å². The molecule has 0 saturated heterocycles.